The highest BCUT2D eigenvalue weighted by molar-refractivity contribution is 5.87. The van der Waals surface area contributed by atoms with Gasteiger partial charge in [-0.3, -0.25) is 0 Å². The van der Waals surface area contributed by atoms with Crippen molar-refractivity contribution in [3.63, 3.8) is 0 Å². The Labute approximate surface area is 123 Å². The molecule has 2 rings (SSSR count). The molecule has 0 aliphatic carbocycles. The Morgan fingerprint density at radius 2 is 2.38 bits per heavy atom. The van der Waals surface area contributed by atoms with Crippen LogP contribution >= 0.6 is 0 Å². The van der Waals surface area contributed by atoms with Crippen LogP contribution in [-0.2, 0) is 16.0 Å². The number of ether oxygens (including phenoxy) is 3. The van der Waals surface area contributed by atoms with E-state index in [1.807, 2.05) is 26.0 Å². The van der Waals surface area contributed by atoms with Gasteiger partial charge in [-0.25, -0.2) is 4.79 Å². The number of hydrogen-bond donors (Lipinski definition) is 0. The number of nitriles is 1. The third kappa shape index (κ3) is 3.76. The maximum absolute atomic E-state index is 11.4. The second kappa shape index (κ2) is 6.80. The molecule has 0 N–H and O–H groups in total. The summed E-state index contributed by atoms with van der Waals surface area (Å²) >= 11 is 0. The molecule has 1 aromatic carbocycles. The summed E-state index contributed by atoms with van der Waals surface area (Å²) in [5.74, 6) is 0.961. The fourth-order valence-corrected chi connectivity index (χ4v) is 2.18. The smallest absolute Gasteiger partial charge is 0.331 e. The first kappa shape index (κ1) is 14.9. The number of hydrogen-bond acceptors (Lipinski definition) is 5. The van der Waals surface area contributed by atoms with Gasteiger partial charge in [-0.2, -0.15) is 5.26 Å². The molecule has 1 atom stereocenters. The van der Waals surface area contributed by atoms with Crippen LogP contribution in [0, 0.1) is 11.3 Å². The van der Waals surface area contributed by atoms with Crippen molar-refractivity contribution in [2.75, 3.05) is 13.2 Å². The number of benzene rings is 1. The van der Waals surface area contributed by atoms with Gasteiger partial charge in [0.05, 0.1) is 6.61 Å². The van der Waals surface area contributed by atoms with Crippen molar-refractivity contribution in [3.05, 3.63) is 29.3 Å². The van der Waals surface area contributed by atoms with Crippen molar-refractivity contribution in [2.24, 2.45) is 0 Å². The maximum atomic E-state index is 11.4. The average molecular weight is 287 g/mol. The van der Waals surface area contributed by atoms with Crippen LogP contribution < -0.4 is 9.47 Å². The van der Waals surface area contributed by atoms with Crippen LogP contribution in [0.4, 0.5) is 0 Å². The molecule has 0 radical (unpaired) electrons. The van der Waals surface area contributed by atoms with Crippen molar-refractivity contribution in [1.82, 2.24) is 0 Å². The lowest BCUT2D eigenvalue weighted by Crippen LogP contribution is -2.05. The van der Waals surface area contributed by atoms with E-state index in [1.54, 1.807) is 12.1 Å². The number of nitrogens with zero attached hydrogens (tertiary/aromatic N) is 1. The van der Waals surface area contributed by atoms with E-state index in [2.05, 4.69) is 4.74 Å². The summed E-state index contributed by atoms with van der Waals surface area (Å²) in [5, 5.41) is 8.36. The predicted octanol–water partition coefficient (Wildman–Crippen LogP) is 2.49. The fourth-order valence-electron chi connectivity index (χ4n) is 2.18. The minimum atomic E-state index is -0.561. The minimum absolute atomic E-state index is 0.147. The molecule has 5 nitrogen and oxygen atoms in total. The van der Waals surface area contributed by atoms with Crippen molar-refractivity contribution in [1.29, 1.82) is 5.26 Å². The van der Waals surface area contributed by atoms with Gasteiger partial charge in [0.1, 0.15) is 23.7 Å². The number of fused-ring (bicyclic) bond motifs is 1. The Bertz CT molecular complexity index is 601. The average Bonchev–Trinajstić information content (AvgIpc) is 2.82. The highest BCUT2D eigenvalue weighted by Crippen LogP contribution is 2.35. The molecular formula is C16H17NO4. The molecule has 0 amide bonds. The third-order valence-corrected chi connectivity index (χ3v) is 3.01. The van der Waals surface area contributed by atoms with E-state index in [1.165, 1.54) is 6.08 Å². The summed E-state index contributed by atoms with van der Waals surface area (Å²) < 4.78 is 16.0. The van der Waals surface area contributed by atoms with Gasteiger partial charge < -0.3 is 14.2 Å². The molecule has 1 aromatic rings. The van der Waals surface area contributed by atoms with Gasteiger partial charge in [0, 0.05) is 23.6 Å². The monoisotopic (exact) mass is 287 g/mol. The van der Waals surface area contributed by atoms with Gasteiger partial charge in [0.25, 0.3) is 0 Å². The first-order chi connectivity index (χ1) is 10.1. The first-order valence-electron chi connectivity index (χ1n) is 6.82. The van der Waals surface area contributed by atoms with Crippen molar-refractivity contribution >= 4 is 12.0 Å². The molecule has 0 saturated heterocycles. The van der Waals surface area contributed by atoms with Crippen LogP contribution in [-0.4, -0.2) is 25.3 Å². The largest absolute Gasteiger partial charge is 0.493 e. The number of carbonyl (C=O) groups excluding carboxylic acids is 1. The molecule has 21 heavy (non-hydrogen) atoms. The summed E-state index contributed by atoms with van der Waals surface area (Å²) in [5.41, 5.74) is 1.86. The second-order valence-corrected chi connectivity index (χ2v) is 4.66. The predicted molar refractivity (Wildman–Crippen MR) is 77.0 cm³/mol. The SMILES string of the molecule is CCOc1cc2c(cc1/C=C/C(=O)OCC#N)O[C@H](C)C2. The molecule has 0 saturated carbocycles. The van der Waals surface area contributed by atoms with Crippen LogP contribution in [0.3, 0.4) is 0 Å². The van der Waals surface area contributed by atoms with E-state index >= 15 is 0 Å². The normalized spacial score (nSPS) is 16.1. The Balaban J connectivity index is 2.22. The molecule has 0 aromatic heterocycles. The molecule has 0 bridgehead atoms. The minimum Gasteiger partial charge on any atom is -0.493 e. The molecule has 0 unspecified atom stereocenters. The molecule has 0 spiro atoms. The van der Waals surface area contributed by atoms with E-state index in [0.29, 0.717) is 12.4 Å². The van der Waals surface area contributed by atoms with Crippen LogP contribution in [0.15, 0.2) is 18.2 Å². The molecule has 5 heteroatoms. The Morgan fingerprint density at radius 1 is 1.57 bits per heavy atom. The van der Waals surface area contributed by atoms with Crippen molar-refractivity contribution in [3.8, 4) is 17.6 Å². The quantitative estimate of drug-likeness (QED) is 0.614. The molecule has 1 aliphatic heterocycles. The van der Waals surface area contributed by atoms with Gasteiger partial charge >= 0.3 is 5.97 Å². The summed E-state index contributed by atoms with van der Waals surface area (Å²) in [7, 11) is 0. The van der Waals surface area contributed by atoms with Crippen LogP contribution in [0.1, 0.15) is 25.0 Å². The fraction of sp³-hybridized carbons (Fsp3) is 0.375. The van der Waals surface area contributed by atoms with Gasteiger partial charge in [-0.15, -0.1) is 0 Å². The number of esters is 1. The highest BCUT2D eigenvalue weighted by Gasteiger charge is 2.21. The molecule has 0 fully saturated rings. The van der Waals surface area contributed by atoms with E-state index in [4.69, 9.17) is 14.7 Å². The van der Waals surface area contributed by atoms with Crippen molar-refractivity contribution in [2.45, 2.75) is 26.4 Å². The molecule has 1 heterocycles. The van der Waals surface area contributed by atoms with E-state index in [0.717, 1.165) is 23.3 Å². The molecular weight excluding hydrogens is 270 g/mol. The van der Waals surface area contributed by atoms with Crippen LogP contribution in [0.5, 0.6) is 11.5 Å². The first-order valence-corrected chi connectivity index (χ1v) is 6.82. The Kier molecular flexibility index (Phi) is 4.83. The molecule has 1 aliphatic rings. The summed E-state index contributed by atoms with van der Waals surface area (Å²) in [6.45, 7) is 4.19. The lowest BCUT2D eigenvalue weighted by molar-refractivity contribution is -0.136. The van der Waals surface area contributed by atoms with Gasteiger partial charge in [0.2, 0.25) is 0 Å². The summed E-state index contributed by atoms with van der Waals surface area (Å²) in [6.07, 6.45) is 3.88. The topological polar surface area (TPSA) is 68.5 Å². The van der Waals surface area contributed by atoms with Crippen LogP contribution in [0.25, 0.3) is 6.08 Å². The van der Waals surface area contributed by atoms with Crippen molar-refractivity contribution < 1.29 is 19.0 Å². The second-order valence-electron chi connectivity index (χ2n) is 4.66. The van der Waals surface area contributed by atoms with Crippen LogP contribution in [0.2, 0.25) is 0 Å². The van der Waals surface area contributed by atoms with E-state index in [9.17, 15) is 4.79 Å². The molecule has 110 valence electrons. The zero-order valence-corrected chi connectivity index (χ0v) is 12.1. The number of carbonyl (C=O) groups is 1. The standard InChI is InChI=1S/C16H17NO4/c1-3-19-14-10-13-8-11(2)21-15(13)9-12(14)4-5-16(18)20-7-6-17/h4-5,9-11H,3,7-8H2,1-2H3/b5-4+/t11-/m1/s1. The van der Waals surface area contributed by atoms with E-state index < -0.39 is 5.97 Å². The van der Waals surface area contributed by atoms with Gasteiger partial charge in [0.15, 0.2) is 6.61 Å². The Morgan fingerprint density at radius 3 is 3.10 bits per heavy atom. The highest BCUT2D eigenvalue weighted by atomic mass is 16.5. The summed E-state index contributed by atoms with van der Waals surface area (Å²) in [6, 6.07) is 5.55. The third-order valence-electron chi connectivity index (χ3n) is 3.01. The summed E-state index contributed by atoms with van der Waals surface area (Å²) in [4.78, 5) is 11.4. The zero-order valence-electron chi connectivity index (χ0n) is 12.1. The zero-order chi connectivity index (χ0) is 15.2. The maximum Gasteiger partial charge on any atom is 0.331 e. The van der Waals surface area contributed by atoms with E-state index in [-0.39, 0.29) is 12.7 Å². The van der Waals surface area contributed by atoms with Gasteiger partial charge in [-0.1, -0.05) is 0 Å². The Hall–Kier alpha value is -2.48. The van der Waals surface area contributed by atoms with Gasteiger partial charge in [-0.05, 0) is 32.1 Å². The lowest BCUT2D eigenvalue weighted by Gasteiger charge is -2.09. The number of rotatable bonds is 5. The lowest BCUT2D eigenvalue weighted by atomic mass is 10.1.